The highest BCUT2D eigenvalue weighted by atomic mass is 16.4. The Labute approximate surface area is 113 Å². The lowest BCUT2D eigenvalue weighted by Crippen LogP contribution is -1.82. The van der Waals surface area contributed by atoms with Crippen molar-refractivity contribution in [1.82, 2.24) is 0 Å². The van der Waals surface area contributed by atoms with Gasteiger partial charge in [0, 0.05) is 0 Å². The van der Waals surface area contributed by atoms with E-state index in [1.54, 1.807) is 12.1 Å². The Morgan fingerprint density at radius 3 is 1.50 bits per heavy atom. The second kappa shape index (κ2) is 4.93. The van der Waals surface area contributed by atoms with E-state index in [-0.39, 0.29) is 11.3 Å². The van der Waals surface area contributed by atoms with Crippen LogP contribution in [0.4, 0.5) is 0 Å². The predicted molar refractivity (Wildman–Crippen MR) is 71.8 cm³/mol. The molecule has 0 aliphatic rings. The van der Waals surface area contributed by atoms with Crippen molar-refractivity contribution >= 4 is 12.2 Å². The first kappa shape index (κ1) is 13.4. The van der Waals surface area contributed by atoms with E-state index < -0.39 is 28.7 Å². The van der Waals surface area contributed by atoms with E-state index >= 15 is 0 Å². The molecule has 104 valence electrons. The van der Waals surface area contributed by atoms with Crippen molar-refractivity contribution < 1.29 is 30.6 Å². The summed E-state index contributed by atoms with van der Waals surface area (Å²) in [5.74, 6) is -4.27. The molecular formula is C14H12O6. The quantitative estimate of drug-likeness (QED) is 0.284. The first-order chi connectivity index (χ1) is 9.41. The Morgan fingerprint density at radius 1 is 0.550 bits per heavy atom. The van der Waals surface area contributed by atoms with Gasteiger partial charge in [0.05, 0.1) is 5.56 Å². The van der Waals surface area contributed by atoms with Gasteiger partial charge in [-0.05, 0) is 23.8 Å². The van der Waals surface area contributed by atoms with Crippen molar-refractivity contribution in [2.45, 2.75) is 0 Å². The average molecular weight is 276 g/mol. The lowest BCUT2D eigenvalue weighted by molar-refractivity contribution is 0.327. The van der Waals surface area contributed by atoms with Crippen LogP contribution in [0.3, 0.4) is 0 Å². The summed E-state index contributed by atoms with van der Waals surface area (Å²) >= 11 is 0. The van der Waals surface area contributed by atoms with Crippen LogP contribution < -0.4 is 0 Å². The summed E-state index contributed by atoms with van der Waals surface area (Å²) < 4.78 is 0. The Hall–Kier alpha value is -3.02. The number of phenolic OH excluding ortho intramolecular Hbond substituents is 6. The predicted octanol–water partition coefficient (Wildman–Crippen LogP) is 2.09. The van der Waals surface area contributed by atoms with Crippen molar-refractivity contribution in [2.75, 3.05) is 0 Å². The number of hydrogen-bond acceptors (Lipinski definition) is 6. The van der Waals surface area contributed by atoms with E-state index in [2.05, 4.69) is 0 Å². The van der Waals surface area contributed by atoms with E-state index in [0.717, 1.165) is 0 Å². The Kier molecular flexibility index (Phi) is 3.30. The van der Waals surface area contributed by atoms with Gasteiger partial charge in [0.1, 0.15) is 5.75 Å². The molecule has 0 aromatic heterocycles. The van der Waals surface area contributed by atoms with Gasteiger partial charge in [-0.3, -0.25) is 0 Å². The number of benzene rings is 2. The minimum Gasteiger partial charge on any atom is -0.508 e. The van der Waals surface area contributed by atoms with Gasteiger partial charge in [-0.2, -0.15) is 0 Å². The fourth-order valence-corrected chi connectivity index (χ4v) is 1.63. The highest BCUT2D eigenvalue weighted by molar-refractivity contribution is 5.81. The monoisotopic (exact) mass is 276 g/mol. The minimum absolute atomic E-state index is 0.0905. The highest BCUT2D eigenvalue weighted by Crippen LogP contribution is 2.51. The molecule has 0 heterocycles. The summed E-state index contributed by atoms with van der Waals surface area (Å²) in [4.78, 5) is 0. The van der Waals surface area contributed by atoms with Gasteiger partial charge in [0.15, 0.2) is 11.5 Å². The Bertz CT molecular complexity index is 644. The fraction of sp³-hybridized carbons (Fsp3) is 0. The molecule has 2 rings (SSSR count). The molecule has 0 unspecified atom stereocenters. The van der Waals surface area contributed by atoms with Crippen LogP contribution in [0.1, 0.15) is 11.1 Å². The molecule has 0 amide bonds. The molecule has 2 aromatic carbocycles. The van der Waals surface area contributed by atoms with Gasteiger partial charge in [-0.1, -0.05) is 18.2 Å². The molecule has 0 aliphatic heterocycles. The first-order valence-corrected chi connectivity index (χ1v) is 5.57. The van der Waals surface area contributed by atoms with Crippen molar-refractivity contribution in [1.29, 1.82) is 0 Å². The smallest absolute Gasteiger partial charge is 0.208 e. The van der Waals surface area contributed by atoms with Crippen LogP contribution in [0, 0.1) is 0 Å². The molecule has 0 saturated heterocycles. The van der Waals surface area contributed by atoms with Crippen LogP contribution in [0.2, 0.25) is 0 Å². The van der Waals surface area contributed by atoms with Gasteiger partial charge >= 0.3 is 0 Å². The number of hydrogen-bond donors (Lipinski definition) is 6. The maximum atomic E-state index is 9.63. The van der Waals surface area contributed by atoms with Crippen molar-refractivity contribution in [3.05, 3.63) is 35.4 Å². The molecule has 20 heavy (non-hydrogen) atoms. The fourth-order valence-electron chi connectivity index (χ4n) is 1.63. The van der Waals surface area contributed by atoms with E-state index in [9.17, 15) is 25.5 Å². The molecule has 0 fully saturated rings. The maximum Gasteiger partial charge on any atom is 0.208 e. The molecule has 0 saturated carbocycles. The summed E-state index contributed by atoms with van der Waals surface area (Å²) in [6, 6.07) is 6.07. The van der Waals surface area contributed by atoms with E-state index in [4.69, 9.17) is 5.11 Å². The maximum absolute atomic E-state index is 9.63. The molecule has 6 nitrogen and oxygen atoms in total. The molecule has 0 bridgehead atoms. The third kappa shape index (κ3) is 2.26. The molecule has 0 radical (unpaired) electrons. The number of phenols is 6. The van der Waals surface area contributed by atoms with Crippen molar-refractivity contribution in [2.24, 2.45) is 0 Å². The Morgan fingerprint density at radius 2 is 1.00 bits per heavy atom. The molecule has 0 spiro atoms. The normalized spacial score (nSPS) is 11.0. The zero-order valence-corrected chi connectivity index (χ0v) is 10.1. The summed E-state index contributed by atoms with van der Waals surface area (Å²) in [7, 11) is 0. The topological polar surface area (TPSA) is 121 Å². The van der Waals surface area contributed by atoms with E-state index in [1.165, 1.54) is 24.3 Å². The van der Waals surface area contributed by atoms with Crippen LogP contribution >= 0.6 is 0 Å². The first-order valence-electron chi connectivity index (χ1n) is 5.57. The Balaban J connectivity index is 2.46. The van der Waals surface area contributed by atoms with Crippen LogP contribution in [-0.2, 0) is 0 Å². The second-order valence-electron chi connectivity index (χ2n) is 4.08. The summed E-state index contributed by atoms with van der Waals surface area (Å²) in [5.41, 5.74) is 0.402. The summed E-state index contributed by atoms with van der Waals surface area (Å²) in [5, 5.41) is 56.4. The minimum atomic E-state index is -0.998. The van der Waals surface area contributed by atoms with Crippen LogP contribution in [0.25, 0.3) is 12.2 Å². The lowest BCUT2D eigenvalue weighted by atomic mass is 10.1. The van der Waals surface area contributed by atoms with Gasteiger partial charge in [-0.25, -0.2) is 0 Å². The standard InChI is InChI=1S/C14H12O6/c15-8-4-1-7(2-5-8)3-6-9-10(16)12(18)14(20)13(19)11(9)17/h1-6,15-20H. The van der Waals surface area contributed by atoms with Crippen LogP contribution in [-0.4, -0.2) is 30.6 Å². The summed E-state index contributed by atoms with van der Waals surface area (Å²) in [6.45, 7) is 0. The largest absolute Gasteiger partial charge is 0.508 e. The zero-order chi connectivity index (χ0) is 14.9. The zero-order valence-electron chi connectivity index (χ0n) is 10.1. The van der Waals surface area contributed by atoms with E-state index in [0.29, 0.717) is 5.56 Å². The molecule has 0 aliphatic carbocycles. The molecule has 0 atom stereocenters. The van der Waals surface area contributed by atoms with Gasteiger partial charge < -0.3 is 30.6 Å². The second-order valence-corrected chi connectivity index (χ2v) is 4.08. The van der Waals surface area contributed by atoms with Gasteiger partial charge in [0.25, 0.3) is 0 Å². The highest BCUT2D eigenvalue weighted by Gasteiger charge is 2.21. The lowest BCUT2D eigenvalue weighted by Gasteiger charge is -2.09. The molecule has 6 N–H and O–H groups in total. The van der Waals surface area contributed by atoms with E-state index in [1.807, 2.05) is 0 Å². The SMILES string of the molecule is Oc1ccc(C=Cc2c(O)c(O)c(O)c(O)c2O)cc1. The number of rotatable bonds is 2. The van der Waals surface area contributed by atoms with Crippen LogP contribution in [0.5, 0.6) is 34.5 Å². The third-order valence-electron chi connectivity index (χ3n) is 2.74. The van der Waals surface area contributed by atoms with Gasteiger partial charge in [0.2, 0.25) is 17.2 Å². The van der Waals surface area contributed by atoms with Crippen molar-refractivity contribution in [3.8, 4) is 34.5 Å². The third-order valence-corrected chi connectivity index (χ3v) is 2.74. The average Bonchev–Trinajstić information content (AvgIpc) is 2.45. The molecule has 2 aromatic rings. The number of aromatic hydroxyl groups is 6. The summed E-state index contributed by atoms with van der Waals surface area (Å²) in [6.07, 6.45) is 2.72. The molecular weight excluding hydrogens is 264 g/mol. The van der Waals surface area contributed by atoms with Crippen molar-refractivity contribution in [3.63, 3.8) is 0 Å². The van der Waals surface area contributed by atoms with Gasteiger partial charge in [-0.15, -0.1) is 0 Å². The van der Waals surface area contributed by atoms with Crippen LogP contribution in [0.15, 0.2) is 24.3 Å². The molecule has 6 heteroatoms.